The van der Waals surface area contributed by atoms with Gasteiger partial charge in [-0.1, -0.05) is 61.3 Å². The topological polar surface area (TPSA) is 102 Å². The first-order chi connectivity index (χ1) is 18.1. The number of nitrogens with one attached hydrogen (secondary N) is 1. The van der Waals surface area contributed by atoms with Gasteiger partial charge in [0.15, 0.2) is 4.90 Å². The third kappa shape index (κ3) is 7.03. The Bertz CT molecular complexity index is 1120. The van der Waals surface area contributed by atoms with E-state index in [2.05, 4.69) is 10.2 Å². The molecule has 2 aromatic carbocycles. The minimum absolute atomic E-state index is 0.0671. The van der Waals surface area contributed by atoms with Crippen molar-refractivity contribution in [3.05, 3.63) is 64.1 Å². The lowest BCUT2D eigenvalue weighted by atomic mass is 10.00. The van der Waals surface area contributed by atoms with Gasteiger partial charge >= 0.3 is 0 Å². The molecule has 206 valence electrons. The molecule has 2 aliphatic rings. The van der Waals surface area contributed by atoms with Crippen molar-refractivity contribution in [3.8, 4) is 0 Å². The Balaban J connectivity index is 1.52. The molecule has 0 aromatic heterocycles. The van der Waals surface area contributed by atoms with Gasteiger partial charge in [-0.25, -0.2) is 0 Å². The lowest BCUT2D eigenvalue weighted by molar-refractivity contribution is -0.143. The van der Waals surface area contributed by atoms with Crippen LogP contribution in [0.25, 0.3) is 0 Å². The van der Waals surface area contributed by atoms with Crippen molar-refractivity contribution < 1.29 is 14.1 Å². The van der Waals surface area contributed by atoms with Crippen LogP contribution in [-0.2, 0) is 27.3 Å². The smallest absolute Gasteiger partial charge is 0.243 e. The number of rotatable bonds is 9. The van der Waals surface area contributed by atoms with Crippen molar-refractivity contribution in [2.24, 2.45) is 11.7 Å². The molecule has 0 spiro atoms. The summed E-state index contributed by atoms with van der Waals surface area (Å²) >= 11 is 11.0. The van der Waals surface area contributed by atoms with Crippen LogP contribution in [0.15, 0.2) is 53.4 Å². The molecule has 2 aliphatic heterocycles. The van der Waals surface area contributed by atoms with Gasteiger partial charge in [0.1, 0.15) is 11.8 Å². The zero-order chi connectivity index (χ0) is 27.4. The third-order valence-corrected chi connectivity index (χ3v) is 9.51. The molecule has 10 heteroatoms. The number of fused-ring (bicyclic) bond motifs is 1. The van der Waals surface area contributed by atoms with Gasteiger partial charge in [0.05, 0.1) is 22.1 Å². The van der Waals surface area contributed by atoms with E-state index in [1.165, 1.54) is 0 Å². The number of carbonyl (C=O) groups is 2. The molecule has 0 bridgehead atoms. The monoisotopic (exact) mass is 578 g/mol. The maximum atomic E-state index is 13.9. The number of hydrogen-bond acceptors (Lipinski definition) is 5. The van der Waals surface area contributed by atoms with Crippen LogP contribution >= 0.6 is 23.2 Å². The Kier molecular flexibility index (Phi) is 10.0. The first-order valence-corrected chi connectivity index (χ1v) is 15.2. The minimum Gasteiger partial charge on any atom is -0.611 e. The van der Waals surface area contributed by atoms with E-state index in [0.717, 1.165) is 10.5 Å². The summed E-state index contributed by atoms with van der Waals surface area (Å²) < 4.78 is 13.2. The number of halogens is 2. The molecule has 3 N–H and O–H groups in total. The largest absolute Gasteiger partial charge is 0.611 e. The van der Waals surface area contributed by atoms with Crippen molar-refractivity contribution in [1.82, 2.24) is 15.1 Å². The molecular formula is C28H36Cl2N4O3S. The highest BCUT2D eigenvalue weighted by Gasteiger charge is 2.47. The number of nitrogens with two attached hydrogens (primary N) is 1. The Hall–Kier alpha value is -1.81. The molecule has 2 unspecified atom stereocenters. The van der Waals surface area contributed by atoms with Gasteiger partial charge < -0.3 is 20.5 Å². The average Bonchev–Trinajstić information content (AvgIpc) is 3.24. The molecule has 2 saturated heterocycles. The van der Waals surface area contributed by atoms with E-state index >= 15 is 0 Å². The van der Waals surface area contributed by atoms with E-state index in [4.69, 9.17) is 28.9 Å². The number of carbonyl (C=O) groups excluding carboxylic acids is 2. The molecule has 2 heterocycles. The molecule has 2 amide bonds. The molecule has 0 radical (unpaired) electrons. The molecule has 2 aromatic rings. The Labute approximate surface area is 238 Å². The van der Waals surface area contributed by atoms with Gasteiger partial charge in [-0.2, -0.15) is 0 Å². The van der Waals surface area contributed by atoms with Crippen LogP contribution in [0.4, 0.5) is 0 Å². The molecule has 0 aliphatic carbocycles. The Morgan fingerprint density at radius 2 is 1.92 bits per heavy atom. The van der Waals surface area contributed by atoms with Crippen LogP contribution in [-0.4, -0.2) is 69.2 Å². The normalized spacial score (nSPS) is 23.7. The standard InChI is InChI=1S/C28H36Cl2N4O3S/c1-18(2)12-25(27(35)32-15-19-8-9-23(29)24(30)13-19)33-11-10-21(17-38(37)22-6-4-3-5-7-22)34-16-20(31)14-26(34)28(33)36/h3-9,13,18,20-21,25-26H,10-12,14-17,31H2,1-2H3,(H,32,35)/t20-,21?,25-,26+,38?/m1/s1. The second-order valence-electron chi connectivity index (χ2n) is 10.6. The lowest BCUT2D eigenvalue weighted by Crippen LogP contribution is -2.53. The van der Waals surface area contributed by atoms with Crippen molar-refractivity contribution in [2.45, 2.75) is 68.7 Å². The van der Waals surface area contributed by atoms with Crippen molar-refractivity contribution in [2.75, 3.05) is 18.8 Å². The van der Waals surface area contributed by atoms with Gasteiger partial charge in [0.2, 0.25) is 11.8 Å². The van der Waals surface area contributed by atoms with Crippen LogP contribution in [0.5, 0.6) is 0 Å². The highest BCUT2D eigenvalue weighted by atomic mass is 35.5. The summed E-state index contributed by atoms with van der Waals surface area (Å²) in [5.74, 6) is 0.363. The van der Waals surface area contributed by atoms with Crippen LogP contribution in [0.3, 0.4) is 0 Å². The highest BCUT2D eigenvalue weighted by molar-refractivity contribution is 7.91. The maximum Gasteiger partial charge on any atom is 0.243 e. The molecule has 7 nitrogen and oxygen atoms in total. The van der Waals surface area contributed by atoms with E-state index in [9.17, 15) is 14.1 Å². The van der Waals surface area contributed by atoms with E-state index in [-0.39, 0.29) is 36.4 Å². The summed E-state index contributed by atoms with van der Waals surface area (Å²) in [5, 5.41) is 3.88. The Morgan fingerprint density at radius 1 is 1.18 bits per heavy atom. The lowest BCUT2D eigenvalue weighted by Gasteiger charge is -2.33. The fourth-order valence-electron chi connectivity index (χ4n) is 5.41. The SMILES string of the molecule is CC(C)C[C@H](C(=O)NCc1ccc(Cl)c(Cl)c1)N1CCC(C[S+]([O-])c2ccccc2)N2C[C@H](N)C[C@H]2C1=O. The van der Waals surface area contributed by atoms with Crippen molar-refractivity contribution >= 4 is 46.2 Å². The van der Waals surface area contributed by atoms with Crippen LogP contribution < -0.4 is 11.1 Å². The van der Waals surface area contributed by atoms with Crippen LogP contribution in [0, 0.1) is 5.92 Å². The summed E-state index contributed by atoms with van der Waals surface area (Å²) in [4.78, 5) is 32.1. The summed E-state index contributed by atoms with van der Waals surface area (Å²) in [6, 6.07) is 13.4. The van der Waals surface area contributed by atoms with E-state index in [0.29, 0.717) is 48.2 Å². The second-order valence-corrected chi connectivity index (χ2v) is 12.9. The van der Waals surface area contributed by atoms with Crippen LogP contribution in [0.1, 0.15) is 38.7 Å². The first kappa shape index (κ1) is 29.2. The molecule has 4 rings (SSSR count). The molecule has 38 heavy (non-hydrogen) atoms. The summed E-state index contributed by atoms with van der Waals surface area (Å²) in [6.07, 6.45) is 1.70. The maximum absolute atomic E-state index is 13.9. The van der Waals surface area contributed by atoms with Crippen LogP contribution in [0.2, 0.25) is 10.0 Å². The fourth-order valence-corrected chi connectivity index (χ4v) is 7.09. The fraction of sp³-hybridized carbons (Fsp3) is 0.500. The number of hydrogen-bond donors (Lipinski definition) is 2. The zero-order valence-corrected chi connectivity index (χ0v) is 24.1. The average molecular weight is 580 g/mol. The number of amides is 2. The Morgan fingerprint density at radius 3 is 2.61 bits per heavy atom. The number of nitrogens with zero attached hydrogens (tertiary/aromatic N) is 2. The van der Waals surface area contributed by atoms with Gasteiger partial charge in [-0.3, -0.25) is 14.5 Å². The number of benzene rings is 2. The first-order valence-electron chi connectivity index (χ1n) is 13.1. The summed E-state index contributed by atoms with van der Waals surface area (Å²) in [7, 11) is 0. The van der Waals surface area contributed by atoms with E-state index in [1.807, 2.05) is 50.2 Å². The molecule has 0 saturated carbocycles. The third-order valence-electron chi connectivity index (χ3n) is 7.29. The molecule has 5 atom stereocenters. The van der Waals surface area contributed by atoms with Crippen molar-refractivity contribution in [1.29, 1.82) is 0 Å². The van der Waals surface area contributed by atoms with Gasteiger partial charge in [0, 0.05) is 25.7 Å². The van der Waals surface area contributed by atoms with E-state index in [1.54, 1.807) is 17.0 Å². The predicted molar refractivity (Wildman–Crippen MR) is 152 cm³/mol. The van der Waals surface area contributed by atoms with E-state index < -0.39 is 23.3 Å². The second kappa shape index (κ2) is 13.0. The van der Waals surface area contributed by atoms with Gasteiger partial charge in [-0.05, 0) is 66.2 Å². The quantitative estimate of drug-likeness (QED) is 0.440. The summed E-state index contributed by atoms with van der Waals surface area (Å²) in [6.45, 7) is 5.39. The van der Waals surface area contributed by atoms with Crippen molar-refractivity contribution in [3.63, 3.8) is 0 Å². The van der Waals surface area contributed by atoms with Gasteiger partial charge in [0.25, 0.3) is 0 Å². The predicted octanol–water partition coefficient (Wildman–Crippen LogP) is 3.83. The van der Waals surface area contributed by atoms with Gasteiger partial charge in [-0.15, -0.1) is 0 Å². The molecule has 2 fully saturated rings. The highest BCUT2D eigenvalue weighted by Crippen LogP contribution is 2.30. The zero-order valence-electron chi connectivity index (χ0n) is 21.8. The molecular weight excluding hydrogens is 543 g/mol. The minimum atomic E-state index is -1.20. The summed E-state index contributed by atoms with van der Waals surface area (Å²) in [5.41, 5.74) is 7.15.